The van der Waals surface area contributed by atoms with Gasteiger partial charge in [-0.1, -0.05) is 65.7 Å². The van der Waals surface area contributed by atoms with Crippen LogP contribution in [0.3, 0.4) is 0 Å². The summed E-state index contributed by atoms with van der Waals surface area (Å²) in [7, 11) is 3.27. The maximum Gasteiger partial charge on any atom is 0.339 e. The first-order valence-corrected chi connectivity index (χ1v) is 16.8. The van der Waals surface area contributed by atoms with Crippen LogP contribution in [0.25, 0.3) is 22.5 Å². The highest BCUT2D eigenvalue weighted by Crippen LogP contribution is 2.30. The number of carbonyl (C=O) groups excluding carboxylic acids is 1. The molecular formula is C40H36Cl2N4O5. The third-order valence-corrected chi connectivity index (χ3v) is 8.49. The Morgan fingerprint density at radius 3 is 1.69 bits per heavy atom. The highest BCUT2D eigenvalue weighted by atomic mass is 35.5. The van der Waals surface area contributed by atoms with Gasteiger partial charge < -0.3 is 19.3 Å². The van der Waals surface area contributed by atoms with Crippen molar-refractivity contribution in [2.24, 2.45) is 0 Å². The van der Waals surface area contributed by atoms with Gasteiger partial charge >= 0.3 is 5.97 Å². The van der Waals surface area contributed by atoms with E-state index in [1.807, 2.05) is 78.9 Å². The molecule has 11 heteroatoms. The Bertz CT molecular complexity index is 2110. The van der Waals surface area contributed by atoms with Crippen LogP contribution >= 0.6 is 23.2 Å². The van der Waals surface area contributed by atoms with Crippen molar-refractivity contribution in [1.29, 1.82) is 0 Å². The molecule has 0 radical (unpaired) electrons. The van der Waals surface area contributed by atoms with E-state index in [0.29, 0.717) is 40.6 Å². The summed E-state index contributed by atoms with van der Waals surface area (Å²) >= 11 is 12.2. The molecule has 0 saturated carbocycles. The second-order valence-electron chi connectivity index (χ2n) is 11.2. The maximum absolute atomic E-state index is 12.0. The number of para-hydroxylation sites is 2. The number of hydrogen-bond acceptors (Lipinski definition) is 9. The normalized spacial score (nSPS) is 10.5. The van der Waals surface area contributed by atoms with Gasteiger partial charge in [-0.15, -0.1) is 0 Å². The number of nitrogens with zero attached hydrogens (tertiary/aromatic N) is 4. The summed E-state index contributed by atoms with van der Waals surface area (Å²) in [4.78, 5) is 29.4. The van der Waals surface area contributed by atoms with Gasteiger partial charge in [-0.2, -0.15) is 0 Å². The highest BCUT2D eigenvalue weighted by Gasteiger charge is 2.14. The zero-order chi connectivity index (χ0) is 36.2. The van der Waals surface area contributed by atoms with Crippen LogP contribution in [0.1, 0.15) is 45.4 Å². The fourth-order valence-corrected chi connectivity index (χ4v) is 5.69. The number of aliphatic hydroxyl groups is 1. The van der Waals surface area contributed by atoms with Crippen molar-refractivity contribution in [2.45, 2.75) is 26.4 Å². The van der Waals surface area contributed by atoms with E-state index in [9.17, 15) is 9.90 Å². The standard InChI is InChI=1S/C21H19ClN2O3.C19H17ClN2O2/c1-3-27-21(25)17-11-14(8-9-18(17)22)10-15-12-19(24-13-23-15)16-6-4-5-7-20(16)26-2;1-24-19-5-3-2-4-16(19)18-10-15(21-12-22-18)9-13-6-7-17(20)14(8-13)11-23/h4-9,11-13H,3,10H2,1-2H3;2-8,10,12,23H,9,11H2,1H3. The van der Waals surface area contributed by atoms with Crippen LogP contribution < -0.4 is 9.47 Å². The quantitative estimate of drug-likeness (QED) is 0.131. The molecule has 0 aliphatic rings. The molecule has 0 saturated heterocycles. The molecule has 1 N–H and O–H groups in total. The van der Waals surface area contributed by atoms with Crippen LogP contribution in [-0.4, -0.2) is 51.8 Å². The van der Waals surface area contributed by atoms with Crippen molar-refractivity contribution in [1.82, 2.24) is 19.9 Å². The van der Waals surface area contributed by atoms with Gasteiger partial charge in [0.05, 0.1) is 49.4 Å². The van der Waals surface area contributed by atoms with Gasteiger partial charge in [0, 0.05) is 40.4 Å². The van der Waals surface area contributed by atoms with Gasteiger partial charge in [0.1, 0.15) is 24.2 Å². The Kier molecular flexibility index (Phi) is 13.1. The van der Waals surface area contributed by atoms with Crippen LogP contribution in [0.4, 0.5) is 0 Å². The molecule has 260 valence electrons. The minimum Gasteiger partial charge on any atom is -0.496 e. The lowest BCUT2D eigenvalue weighted by Crippen LogP contribution is -2.06. The van der Waals surface area contributed by atoms with Crippen LogP contribution in [0.2, 0.25) is 10.0 Å². The van der Waals surface area contributed by atoms with Crippen molar-refractivity contribution in [3.05, 3.63) is 153 Å². The van der Waals surface area contributed by atoms with E-state index in [-0.39, 0.29) is 6.61 Å². The Labute approximate surface area is 306 Å². The highest BCUT2D eigenvalue weighted by molar-refractivity contribution is 6.33. The monoisotopic (exact) mass is 722 g/mol. The van der Waals surface area contributed by atoms with Crippen molar-refractivity contribution >= 4 is 29.2 Å². The molecule has 9 nitrogen and oxygen atoms in total. The number of ether oxygens (including phenoxy) is 3. The van der Waals surface area contributed by atoms with E-state index >= 15 is 0 Å². The molecule has 0 aliphatic heterocycles. The number of aromatic nitrogens is 4. The average Bonchev–Trinajstić information content (AvgIpc) is 3.17. The second-order valence-corrected chi connectivity index (χ2v) is 12.0. The lowest BCUT2D eigenvalue weighted by atomic mass is 10.0. The molecular weight excluding hydrogens is 687 g/mol. The summed E-state index contributed by atoms with van der Waals surface area (Å²) in [6.07, 6.45) is 4.25. The second kappa shape index (κ2) is 18.1. The molecule has 2 heterocycles. The minimum absolute atomic E-state index is 0.0804. The van der Waals surface area contributed by atoms with Gasteiger partial charge in [0.25, 0.3) is 0 Å². The topological polar surface area (TPSA) is 117 Å². The summed E-state index contributed by atoms with van der Waals surface area (Å²) in [6.45, 7) is 1.98. The van der Waals surface area contributed by atoms with E-state index in [4.69, 9.17) is 37.4 Å². The zero-order valence-electron chi connectivity index (χ0n) is 28.3. The smallest absolute Gasteiger partial charge is 0.339 e. The van der Waals surface area contributed by atoms with Gasteiger partial charge in [-0.3, -0.25) is 0 Å². The van der Waals surface area contributed by atoms with E-state index in [1.165, 1.54) is 6.33 Å². The van der Waals surface area contributed by atoms with Gasteiger partial charge in [0.2, 0.25) is 0 Å². The molecule has 0 spiro atoms. The molecule has 2 aromatic heterocycles. The first-order valence-electron chi connectivity index (χ1n) is 16.1. The molecule has 0 bridgehead atoms. The Morgan fingerprint density at radius 2 is 1.18 bits per heavy atom. The molecule has 4 aromatic carbocycles. The fourth-order valence-electron chi connectivity index (χ4n) is 5.32. The van der Waals surface area contributed by atoms with Gasteiger partial charge in [-0.05, 0) is 78.2 Å². The van der Waals surface area contributed by atoms with E-state index in [2.05, 4.69) is 19.9 Å². The van der Waals surface area contributed by atoms with Gasteiger partial charge in [-0.25, -0.2) is 24.7 Å². The fraction of sp³-hybridized carbons (Fsp3) is 0.175. The lowest BCUT2D eigenvalue weighted by Gasteiger charge is -2.09. The Balaban J connectivity index is 0.000000199. The van der Waals surface area contributed by atoms with Crippen LogP contribution in [0.5, 0.6) is 11.5 Å². The number of halogens is 2. The molecule has 0 aliphatic carbocycles. The van der Waals surface area contributed by atoms with E-state index in [1.54, 1.807) is 45.7 Å². The van der Waals surface area contributed by atoms with Crippen molar-refractivity contribution < 1.29 is 24.1 Å². The maximum atomic E-state index is 12.0. The predicted molar refractivity (Wildman–Crippen MR) is 198 cm³/mol. The zero-order valence-corrected chi connectivity index (χ0v) is 29.9. The first-order chi connectivity index (χ1) is 24.8. The van der Waals surface area contributed by atoms with E-state index in [0.717, 1.165) is 56.5 Å². The molecule has 0 unspecified atom stereocenters. The van der Waals surface area contributed by atoms with Crippen LogP contribution in [-0.2, 0) is 24.2 Å². The van der Waals surface area contributed by atoms with Gasteiger partial charge in [0.15, 0.2) is 0 Å². The minimum atomic E-state index is -0.429. The van der Waals surface area contributed by atoms with Crippen molar-refractivity contribution in [2.75, 3.05) is 20.8 Å². The predicted octanol–water partition coefficient (Wildman–Crippen LogP) is 8.46. The molecule has 6 rings (SSSR count). The number of benzene rings is 4. The average molecular weight is 724 g/mol. The summed E-state index contributed by atoms with van der Waals surface area (Å²) in [5, 5.41) is 10.3. The van der Waals surface area contributed by atoms with E-state index < -0.39 is 5.97 Å². The Hall–Kier alpha value is -5.35. The summed E-state index contributed by atoms with van der Waals surface area (Å²) in [5.74, 6) is 1.09. The van der Waals surface area contributed by atoms with Crippen molar-refractivity contribution in [3.63, 3.8) is 0 Å². The first kappa shape index (κ1) is 36.9. The molecule has 0 amide bonds. The van der Waals surface area contributed by atoms with Crippen molar-refractivity contribution in [3.8, 4) is 34.0 Å². The molecule has 6 aromatic rings. The number of carbonyl (C=O) groups is 1. The number of rotatable bonds is 11. The number of methoxy groups -OCH3 is 2. The Morgan fingerprint density at radius 1 is 0.667 bits per heavy atom. The lowest BCUT2D eigenvalue weighted by molar-refractivity contribution is 0.0526. The third kappa shape index (κ3) is 9.67. The third-order valence-electron chi connectivity index (χ3n) is 7.79. The van der Waals surface area contributed by atoms with Crippen LogP contribution in [0, 0.1) is 0 Å². The molecule has 0 fully saturated rings. The number of hydrogen-bond donors (Lipinski definition) is 1. The molecule has 51 heavy (non-hydrogen) atoms. The summed E-state index contributed by atoms with van der Waals surface area (Å²) < 4.78 is 15.9. The number of esters is 1. The largest absolute Gasteiger partial charge is 0.496 e. The summed E-state index contributed by atoms with van der Waals surface area (Å²) in [6, 6.07) is 30.2. The SMILES string of the molecule is CCOC(=O)c1cc(Cc2cc(-c3ccccc3OC)ncn2)ccc1Cl.COc1ccccc1-c1cc(Cc2ccc(Cl)c(CO)c2)ncn1. The van der Waals surface area contributed by atoms with Crippen LogP contribution in [0.15, 0.2) is 110 Å². The molecule has 0 atom stereocenters. The number of aliphatic hydroxyl groups excluding tert-OH is 1. The summed E-state index contributed by atoms with van der Waals surface area (Å²) in [5.41, 5.74) is 8.14.